The number of aromatic nitrogens is 1. The van der Waals surface area contributed by atoms with Crippen LogP contribution in [0, 0.1) is 0 Å². The Bertz CT molecular complexity index is 333. The van der Waals surface area contributed by atoms with Crippen LogP contribution in [0.5, 0.6) is 0 Å². The fourth-order valence-electron chi connectivity index (χ4n) is 1.28. The van der Waals surface area contributed by atoms with E-state index in [1.165, 1.54) is 6.20 Å². The molecule has 1 aliphatic carbocycles. The number of hydrogen-bond donors (Lipinski definition) is 2. The molecule has 0 saturated heterocycles. The lowest BCUT2D eigenvalue weighted by molar-refractivity contribution is 0.0906. The smallest absolute Gasteiger partial charge is 0.253 e. The van der Waals surface area contributed by atoms with Crippen LogP contribution < -0.4 is 5.32 Å². The van der Waals surface area contributed by atoms with Gasteiger partial charge in [0.1, 0.15) is 0 Å². The molecule has 0 atom stereocenters. The highest BCUT2D eigenvalue weighted by molar-refractivity contribution is 5.94. The van der Waals surface area contributed by atoms with E-state index >= 15 is 0 Å². The van der Waals surface area contributed by atoms with Gasteiger partial charge in [-0.25, -0.2) is 0 Å². The Morgan fingerprint density at radius 1 is 1.64 bits per heavy atom. The second-order valence-electron chi connectivity index (χ2n) is 3.63. The van der Waals surface area contributed by atoms with Crippen molar-refractivity contribution in [3.63, 3.8) is 0 Å². The van der Waals surface area contributed by atoms with Crippen molar-refractivity contribution in [1.29, 1.82) is 0 Å². The van der Waals surface area contributed by atoms with Crippen LogP contribution in [-0.4, -0.2) is 28.1 Å². The van der Waals surface area contributed by atoms with Crippen LogP contribution in [0.15, 0.2) is 24.5 Å². The molecule has 4 heteroatoms. The number of carbonyl (C=O) groups excluding carboxylic acids is 1. The quantitative estimate of drug-likeness (QED) is 0.725. The maximum Gasteiger partial charge on any atom is 0.253 e. The molecule has 1 aromatic rings. The van der Waals surface area contributed by atoms with E-state index in [0.717, 1.165) is 12.8 Å². The fourth-order valence-corrected chi connectivity index (χ4v) is 1.28. The molecule has 1 amide bonds. The second-order valence-corrected chi connectivity index (χ2v) is 3.63. The predicted molar refractivity (Wildman–Crippen MR) is 50.8 cm³/mol. The normalized spacial score (nSPS) is 17.5. The second kappa shape index (κ2) is 3.38. The van der Waals surface area contributed by atoms with Gasteiger partial charge >= 0.3 is 0 Å². The Morgan fingerprint density at radius 3 is 2.93 bits per heavy atom. The van der Waals surface area contributed by atoms with Crippen molar-refractivity contribution in [1.82, 2.24) is 10.3 Å². The third-order valence-electron chi connectivity index (χ3n) is 2.46. The van der Waals surface area contributed by atoms with Crippen LogP contribution in [0.25, 0.3) is 0 Å². The Hall–Kier alpha value is -1.42. The van der Waals surface area contributed by atoms with Gasteiger partial charge in [-0.05, 0) is 25.0 Å². The van der Waals surface area contributed by atoms with Gasteiger partial charge in [0.15, 0.2) is 0 Å². The summed E-state index contributed by atoms with van der Waals surface area (Å²) in [5.74, 6) is -0.162. The first-order valence-corrected chi connectivity index (χ1v) is 4.59. The summed E-state index contributed by atoms with van der Waals surface area (Å²) in [6.45, 7) is 0.0129. The molecule has 0 unspecified atom stereocenters. The van der Waals surface area contributed by atoms with Gasteiger partial charge in [0.25, 0.3) is 5.91 Å². The first-order valence-electron chi connectivity index (χ1n) is 4.59. The van der Waals surface area contributed by atoms with Gasteiger partial charge < -0.3 is 10.4 Å². The van der Waals surface area contributed by atoms with Crippen LogP contribution in [0.2, 0.25) is 0 Å². The van der Waals surface area contributed by atoms with E-state index in [0.29, 0.717) is 5.56 Å². The molecular weight excluding hydrogens is 180 g/mol. The minimum atomic E-state index is -0.354. The molecule has 1 saturated carbocycles. The third kappa shape index (κ3) is 1.75. The molecule has 0 aliphatic heterocycles. The number of carbonyl (C=O) groups is 1. The number of rotatable bonds is 3. The predicted octanol–water partition coefficient (Wildman–Crippen LogP) is 0.336. The summed E-state index contributed by atoms with van der Waals surface area (Å²) >= 11 is 0. The minimum Gasteiger partial charge on any atom is -0.394 e. The van der Waals surface area contributed by atoms with Gasteiger partial charge in [-0.3, -0.25) is 9.78 Å². The average molecular weight is 192 g/mol. The molecule has 14 heavy (non-hydrogen) atoms. The first kappa shape index (κ1) is 9.15. The van der Waals surface area contributed by atoms with Crippen molar-refractivity contribution in [3.8, 4) is 0 Å². The number of aliphatic hydroxyl groups excluding tert-OH is 1. The molecule has 1 fully saturated rings. The first-order chi connectivity index (χ1) is 6.76. The highest BCUT2D eigenvalue weighted by atomic mass is 16.3. The summed E-state index contributed by atoms with van der Waals surface area (Å²) in [6.07, 6.45) is 4.85. The van der Waals surface area contributed by atoms with Crippen molar-refractivity contribution < 1.29 is 9.90 Å². The number of nitrogens with one attached hydrogen (secondary N) is 1. The lowest BCUT2D eigenvalue weighted by atomic mass is 10.2. The Balaban J connectivity index is 2.03. The lowest BCUT2D eigenvalue weighted by Gasteiger charge is -2.13. The summed E-state index contributed by atoms with van der Waals surface area (Å²) in [6, 6.07) is 3.42. The summed E-state index contributed by atoms with van der Waals surface area (Å²) < 4.78 is 0. The van der Waals surface area contributed by atoms with Crippen LogP contribution in [0.3, 0.4) is 0 Å². The van der Waals surface area contributed by atoms with E-state index in [-0.39, 0.29) is 18.1 Å². The number of aliphatic hydroxyl groups is 1. The SMILES string of the molecule is O=C(NC1(CO)CC1)c1cccnc1. The van der Waals surface area contributed by atoms with Crippen LogP contribution in [0.1, 0.15) is 23.2 Å². The number of amides is 1. The maximum atomic E-state index is 11.6. The molecule has 1 aromatic heterocycles. The molecular formula is C10H12N2O2. The monoisotopic (exact) mass is 192 g/mol. The molecule has 2 rings (SSSR count). The number of hydrogen-bond acceptors (Lipinski definition) is 3. The maximum absolute atomic E-state index is 11.6. The van der Waals surface area contributed by atoms with Gasteiger partial charge in [0, 0.05) is 12.4 Å². The van der Waals surface area contributed by atoms with E-state index in [2.05, 4.69) is 10.3 Å². The molecule has 0 spiro atoms. The van der Waals surface area contributed by atoms with Crippen LogP contribution >= 0.6 is 0 Å². The Morgan fingerprint density at radius 2 is 2.43 bits per heavy atom. The van der Waals surface area contributed by atoms with E-state index < -0.39 is 0 Å². The van der Waals surface area contributed by atoms with Crippen molar-refractivity contribution in [2.24, 2.45) is 0 Å². The van der Waals surface area contributed by atoms with Gasteiger partial charge in [-0.15, -0.1) is 0 Å². The van der Waals surface area contributed by atoms with E-state index in [1.807, 2.05) is 0 Å². The summed E-state index contributed by atoms with van der Waals surface area (Å²) in [4.78, 5) is 15.5. The molecule has 0 bridgehead atoms. The van der Waals surface area contributed by atoms with Gasteiger partial charge in [0.2, 0.25) is 0 Å². The molecule has 0 radical (unpaired) electrons. The molecule has 4 nitrogen and oxygen atoms in total. The van der Waals surface area contributed by atoms with Crippen LogP contribution in [0.4, 0.5) is 0 Å². The van der Waals surface area contributed by atoms with Gasteiger partial charge in [-0.2, -0.15) is 0 Å². The number of pyridine rings is 1. The highest BCUT2D eigenvalue weighted by Crippen LogP contribution is 2.34. The zero-order valence-electron chi connectivity index (χ0n) is 7.73. The topological polar surface area (TPSA) is 62.2 Å². The summed E-state index contributed by atoms with van der Waals surface area (Å²) in [5, 5.41) is 11.8. The minimum absolute atomic E-state index is 0.0129. The molecule has 1 heterocycles. The van der Waals surface area contributed by atoms with Gasteiger partial charge in [-0.1, -0.05) is 0 Å². The van der Waals surface area contributed by atoms with Crippen molar-refractivity contribution >= 4 is 5.91 Å². The number of nitrogens with zero attached hydrogens (tertiary/aromatic N) is 1. The van der Waals surface area contributed by atoms with E-state index in [4.69, 9.17) is 5.11 Å². The zero-order valence-corrected chi connectivity index (χ0v) is 7.73. The largest absolute Gasteiger partial charge is 0.394 e. The standard InChI is InChI=1S/C10H12N2O2/c13-7-10(3-4-10)12-9(14)8-2-1-5-11-6-8/h1-2,5-6,13H,3-4,7H2,(H,12,14). The third-order valence-corrected chi connectivity index (χ3v) is 2.46. The van der Waals surface area contributed by atoms with Crippen molar-refractivity contribution in [2.75, 3.05) is 6.61 Å². The van der Waals surface area contributed by atoms with Gasteiger partial charge in [0.05, 0.1) is 17.7 Å². The summed E-state index contributed by atoms with van der Waals surface area (Å²) in [5.41, 5.74) is 0.180. The zero-order chi connectivity index (χ0) is 10.0. The van der Waals surface area contributed by atoms with Crippen LogP contribution in [-0.2, 0) is 0 Å². The molecule has 2 N–H and O–H groups in total. The van der Waals surface area contributed by atoms with Crippen molar-refractivity contribution in [2.45, 2.75) is 18.4 Å². The fraction of sp³-hybridized carbons (Fsp3) is 0.400. The highest BCUT2D eigenvalue weighted by Gasteiger charge is 2.43. The molecule has 0 aromatic carbocycles. The van der Waals surface area contributed by atoms with Crippen molar-refractivity contribution in [3.05, 3.63) is 30.1 Å². The molecule has 74 valence electrons. The Kier molecular flexibility index (Phi) is 2.21. The van der Waals surface area contributed by atoms with E-state index in [1.54, 1.807) is 18.3 Å². The lowest BCUT2D eigenvalue weighted by Crippen LogP contribution is -2.39. The Labute approximate surface area is 82.0 Å². The summed E-state index contributed by atoms with van der Waals surface area (Å²) in [7, 11) is 0. The average Bonchev–Trinajstić information content (AvgIpc) is 3.00. The van der Waals surface area contributed by atoms with E-state index in [9.17, 15) is 4.79 Å². The molecule has 1 aliphatic rings.